The summed E-state index contributed by atoms with van der Waals surface area (Å²) in [5.41, 5.74) is 0.885. The molecule has 8 heteroatoms. The first-order chi connectivity index (χ1) is 10.1. The Morgan fingerprint density at radius 1 is 1.43 bits per heavy atom. The molecule has 1 N–H and O–H groups in total. The molecular formula is C13H18N4O2S2. The zero-order chi connectivity index (χ0) is 15.2. The van der Waals surface area contributed by atoms with Gasteiger partial charge in [0.2, 0.25) is 11.0 Å². The van der Waals surface area contributed by atoms with Gasteiger partial charge in [0.05, 0.1) is 0 Å². The van der Waals surface area contributed by atoms with Gasteiger partial charge in [-0.1, -0.05) is 36.0 Å². The number of anilines is 1. The van der Waals surface area contributed by atoms with Gasteiger partial charge >= 0.3 is 4.87 Å². The van der Waals surface area contributed by atoms with Gasteiger partial charge in [-0.3, -0.25) is 9.59 Å². The Bertz CT molecular complexity index is 659. The van der Waals surface area contributed by atoms with E-state index in [-0.39, 0.29) is 17.2 Å². The highest BCUT2D eigenvalue weighted by molar-refractivity contribution is 7.15. The number of thiazole rings is 1. The molecule has 0 aliphatic rings. The Hall–Kier alpha value is -1.54. The fraction of sp³-hybridized carbons (Fsp3) is 0.538. The second-order valence-corrected chi connectivity index (χ2v) is 6.58. The van der Waals surface area contributed by atoms with Gasteiger partial charge in [-0.25, -0.2) is 0 Å². The average molecular weight is 326 g/mol. The highest BCUT2D eigenvalue weighted by Gasteiger charge is 2.10. The van der Waals surface area contributed by atoms with Crippen molar-refractivity contribution in [2.24, 2.45) is 0 Å². The van der Waals surface area contributed by atoms with Crippen LogP contribution in [0.15, 0.2) is 10.2 Å². The van der Waals surface area contributed by atoms with Gasteiger partial charge in [0, 0.05) is 30.5 Å². The molecule has 6 nitrogen and oxygen atoms in total. The van der Waals surface area contributed by atoms with Crippen molar-refractivity contribution in [1.82, 2.24) is 14.8 Å². The number of nitrogens with one attached hydrogen (secondary N) is 1. The molecule has 0 aliphatic carbocycles. The van der Waals surface area contributed by atoms with Crippen LogP contribution in [0.3, 0.4) is 0 Å². The summed E-state index contributed by atoms with van der Waals surface area (Å²) in [6, 6.07) is 0. The lowest BCUT2D eigenvalue weighted by Crippen LogP contribution is -2.20. The number of aryl methyl sites for hydroxylation is 2. The summed E-state index contributed by atoms with van der Waals surface area (Å²) in [6.45, 7) is 4.38. The van der Waals surface area contributed by atoms with E-state index in [1.54, 1.807) is 9.95 Å². The van der Waals surface area contributed by atoms with E-state index in [0.717, 1.165) is 41.3 Å². The Morgan fingerprint density at radius 3 is 2.90 bits per heavy atom. The van der Waals surface area contributed by atoms with E-state index in [9.17, 15) is 9.59 Å². The molecule has 0 unspecified atom stereocenters. The van der Waals surface area contributed by atoms with E-state index in [1.807, 2.05) is 6.92 Å². The van der Waals surface area contributed by atoms with Crippen LogP contribution in [0, 0.1) is 6.92 Å². The van der Waals surface area contributed by atoms with Gasteiger partial charge in [-0.2, -0.15) is 0 Å². The second kappa shape index (κ2) is 7.46. The third-order valence-electron chi connectivity index (χ3n) is 3.00. The Morgan fingerprint density at radius 2 is 2.24 bits per heavy atom. The van der Waals surface area contributed by atoms with Crippen LogP contribution in [0.25, 0.3) is 0 Å². The minimum absolute atomic E-state index is 0.0296. The quantitative estimate of drug-likeness (QED) is 0.848. The van der Waals surface area contributed by atoms with E-state index in [2.05, 4.69) is 22.4 Å². The predicted octanol–water partition coefficient (Wildman–Crippen LogP) is 2.44. The molecule has 0 aliphatic heterocycles. The number of unbranched alkanes of at least 4 members (excludes halogenated alkanes) is 1. The normalized spacial score (nSPS) is 10.8. The molecule has 0 fully saturated rings. The van der Waals surface area contributed by atoms with Crippen molar-refractivity contribution in [1.29, 1.82) is 0 Å². The van der Waals surface area contributed by atoms with E-state index < -0.39 is 0 Å². The van der Waals surface area contributed by atoms with Crippen molar-refractivity contribution in [3.63, 3.8) is 0 Å². The lowest BCUT2D eigenvalue weighted by atomic mass is 10.3. The Balaban J connectivity index is 1.84. The topological polar surface area (TPSA) is 76.9 Å². The van der Waals surface area contributed by atoms with Crippen molar-refractivity contribution in [3.05, 3.63) is 25.7 Å². The second-order valence-electron chi connectivity index (χ2n) is 4.70. The lowest BCUT2D eigenvalue weighted by molar-refractivity contribution is -0.116. The third kappa shape index (κ3) is 4.47. The molecule has 0 radical (unpaired) electrons. The third-order valence-corrected chi connectivity index (χ3v) is 4.78. The van der Waals surface area contributed by atoms with Crippen molar-refractivity contribution in [3.8, 4) is 0 Å². The van der Waals surface area contributed by atoms with Gasteiger partial charge in [0.15, 0.2) is 0 Å². The number of hydrogen-bond acceptors (Lipinski definition) is 6. The Labute approximate surface area is 130 Å². The van der Waals surface area contributed by atoms with Gasteiger partial charge in [-0.05, 0) is 13.3 Å². The number of amides is 1. The highest BCUT2D eigenvalue weighted by Crippen LogP contribution is 2.17. The number of carbonyl (C=O) groups is 1. The van der Waals surface area contributed by atoms with Crippen LogP contribution in [-0.4, -0.2) is 20.7 Å². The number of rotatable bonds is 7. The molecule has 0 saturated heterocycles. The number of hydrogen-bond donors (Lipinski definition) is 1. The highest BCUT2D eigenvalue weighted by atomic mass is 32.1. The monoisotopic (exact) mass is 326 g/mol. The SMILES string of the molecule is CCCCc1nnc(NC(=O)CCn2c(C)csc2=O)s1. The number of aromatic nitrogens is 3. The fourth-order valence-corrected chi connectivity index (χ4v) is 3.36. The van der Waals surface area contributed by atoms with Crippen LogP contribution >= 0.6 is 22.7 Å². The van der Waals surface area contributed by atoms with Crippen LogP contribution in [0.2, 0.25) is 0 Å². The minimum atomic E-state index is -0.148. The zero-order valence-electron chi connectivity index (χ0n) is 12.1. The molecule has 0 bridgehead atoms. The molecule has 2 aromatic heterocycles. The molecule has 114 valence electrons. The zero-order valence-corrected chi connectivity index (χ0v) is 13.7. The Kier molecular flexibility index (Phi) is 5.63. The molecule has 2 aromatic rings. The van der Waals surface area contributed by atoms with E-state index in [0.29, 0.717) is 11.7 Å². The minimum Gasteiger partial charge on any atom is -0.303 e. The predicted molar refractivity (Wildman–Crippen MR) is 85.1 cm³/mol. The summed E-state index contributed by atoms with van der Waals surface area (Å²) in [4.78, 5) is 23.4. The van der Waals surface area contributed by atoms with Gasteiger partial charge in [-0.15, -0.1) is 10.2 Å². The molecular weight excluding hydrogens is 308 g/mol. The van der Waals surface area contributed by atoms with E-state index in [1.165, 1.54) is 11.3 Å². The van der Waals surface area contributed by atoms with Crippen LogP contribution in [0.1, 0.15) is 36.9 Å². The molecule has 2 rings (SSSR count). The largest absolute Gasteiger partial charge is 0.307 e. The van der Waals surface area contributed by atoms with E-state index in [4.69, 9.17) is 0 Å². The summed E-state index contributed by atoms with van der Waals surface area (Å²) >= 11 is 2.56. The summed E-state index contributed by atoms with van der Waals surface area (Å²) in [5, 5.41) is 14.0. The maximum absolute atomic E-state index is 11.9. The number of nitrogens with zero attached hydrogens (tertiary/aromatic N) is 3. The smallest absolute Gasteiger partial charge is 0.303 e. The van der Waals surface area contributed by atoms with Crippen LogP contribution < -0.4 is 10.2 Å². The first kappa shape index (κ1) is 15.8. The van der Waals surface area contributed by atoms with Crippen LogP contribution in [0.5, 0.6) is 0 Å². The molecule has 0 spiro atoms. The maximum Gasteiger partial charge on any atom is 0.307 e. The van der Waals surface area contributed by atoms with E-state index >= 15 is 0 Å². The van der Waals surface area contributed by atoms with Crippen LogP contribution in [-0.2, 0) is 17.8 Å². The summed E-state index contributed by atoms with van der Waals surface area (Å²) in [6.07, 6.45) is 3.33. The average Bonchev–Trinajstić information content (AvgIpc) is 3.02. The number of carbonyl (C=O) groups excluding carboxylic acids is 1. The summed E-state index contributed by atoms with van der Waals surface area (Å²) < 4.78 is 1.61. The standard InChI is InChI=1S/C13H18N4O2S2/c1-3-4-5-11-15-16-12(21-11)14-10(18)6-7-17-9(2)8-20-13(17)19/h8H,3-7H2,1-2H3,(H,14,16,18). The van der Waals surface area contributed by atoms with Crippen molar-refractivity contribution in [2.75, 3.05) is 5.32 Å². The van der Waals surface area contributed by atoms with Crippen molar-refractivity contribution >= 4 is 33.7 Å². The van der Waals surface area contributed by atoms with Gasteiger partial charge < -0.3 is 9.88 Å². The van der Waals surface area contributed by atoms with Gasteiger partial charge in [0.25, 0.3) is 0 Å². The van der Waals surface area contributed by atoms with Gasteiger partial charge in [0.1, 0.15) is 5.01 Å². The molecule has 0 atom stereocenters. The molecule has 1 amide bonds. The van der Waals surface area contributed by atoms with Crippen LogP contribution in [0.4, 0.5) is 5.13 Å². The maximum atomic E-state index is 11.9. The van der Waals surface area contributed by atoms with Crippen molar-refractivity contribution < 1.29 is 4.79 Å². The first-order valence-electron chi connectivity index (χ1n) is 6.87. The lowest BCUT2D eigenvalue weighted by Gasteiger charge is -2.03. The molecule has 0 aromatic carbocycles. The summed E-state index contributed by atoms with van der Waals surface area (Å²) in [5.74, 6) is -0.148. The summed E-state index contributed by atoms with van der Waals surface area (Å²) in [7, 11) is 0. The first-order valence-corrected chi connectivity index (χ1v) is 8.57. The fourth-order valence-electron chi connectivity index (χ4n) is 1.80. The van der Waals surface area contributed by atoms with Crippen molar-refractivity contribution in [2.45, 2.75) is 46.1 Å². The molecule has 21 heavy (non-hydrogen) atoms. The molecule has 0 saturated carbocycles. The molecule has 2 heterocycles.